The van der Waals surface area contributed by atoms with Gasteiger partial charge in [0, 0.05) is 17.1 Å². The molecular formula is C18H16FN5O2S. The highest BCUT2D eigenvalue weighted by molar-refractivity contribution is 7.15. The van der Waals surface area contributed by atoms with E-state index >= 15 is 0 Å². The fourth-order valence-electron chi connectivity index (χ4n) is 2.76. The molecule has 1 N–H and O–H groups in total. The smallest absolute Gasteiger partial charge is 0.269 e. The van der Waals surface area contributed by atoms with Gasteiger partial charge in [-0.1, -0.05) is 24.2 Å². The Bertz CT molecular complexity index is 1120. The molecule has 0 saturated carbocycles. The molecule has 0 aliphatic rings. The Labute approximate surface area is 157 Å². The van der Waals surface area contributed by atoms with Gasteiger partial charge in [0.05, 0.1) is 5.69 Å². The highest BCUT2D eigenvalue weighted by Crippen LogP contribution is 2.25. The molecule has 4 rings (SSSR count). The highest BCUT2D eigenvalue weighted by Gasteiger charge is 2.22. The van der Waals surface area contributed by atoms with Crippen molar-refractivity contribution in [2.24, 2.45) is 0 Å². The van der Waals surface area contributed by atoms with Crippen molar-refractivity contribution in [1.29, 1.82) is 0 Å². The quantitative estimate of drug-likeness (QED) is 0.565. The fraction of sp³-hybridized carbons (Fsp3) is 0.222. The van der Waals surface area contributed by atoms with Gasteiger partial charge in [-0.15, -0.1) is 11.3 Å². The monoisotopic (exact) mass is 385 g/mol. The van der Waals surface area contributed by atoms with Gasteiger partial charge in [0.25, 0.3) is 5.91 Å². The number of aromatic nitrogens is 4. The number of carbonyl (C=O) groups excluding carboxylic acids is 1. The molecule has 3 aromatic heterocycles. The molecule has 138 valence electrons. The van der Waals surface area contributed by atoms with E-state index in [1.807, 2.05) is 6.92 Å². The Kier molecular flexibility index (Phi) is 4.44. The average Bonchev–Trinajstić information content (AvgIpc) is 3.34. The van der Waals surface area contributed by atoms with Crippen molar-refractivity contribution < 1.29 is 13.7 Å². The van der Waals surface area contributed by atoms with Gasteiger partial charge in [-0.25, -0.2) is 9.37 Å². The number of hydrogen-bond acceptors (Lipinski definition) is 6. The molecule has 27 heavy (non-hydrogen) atoms. The van der Waals surface area contributed by atoms with Crippen LogP contribution in [0.2, 0.25) is 0 Å². The van der Waals surface area contributed by atoms with E-state index < -0.39 is 0 Å². The molecule has 7 nitrogen and oxygen atoms in total. The van der Waals surface area contributed by atoms with Crippen LogP contribution in [0, 0.1) is 12.7 Å². The van der Waals surface area contributed by atoms with Crippen molar-refractivity contribution in [3.63, 3.8) is 0 Å². The lowest BCUT2D eigenvalue weighted by Crippen LogP contribution is -2.29. The van der Waals surface area contributed by atoms with Gasteiger partial charge in [0.2, 0.25) is 5.89 Å². The third kappa shape index (κ3) is 3.33. The van der Waals surface area contributed by atoms with Crippen molar-refractivity contribution in [3.8, 4) is 11.3 Å². The van der Waals surface area contributed by atoms with Crippen molar-refractivity contribution in [3.05, 3.63) is 59.1 Å². The van der Waals surface area contributed by atoms with Crippen LogP contribution in [0.3, 0.4) is 0 Å². The molecule has 1 aromatic carbocycles. The van der Waals surface area contributed by atoms with Crippen LogP contribution in [0.25, 0.3) is 16.2 Å². The fourth-order valence-corrected chi connectivity index (χ4v) is 3.61. The molecule has 3 heterocycles. The first-order chi connectivity index (χ1) is 13.0. The van der Waals surface area contributed by atoms with Gasteiger partial charge in [0.15, 0.2) is 10.8 Å². The van der Waals surface area contributed by atoms with Crippen LogP contribution in [0.4, 0.5) is 4.39 Å². The Hall–Kier alpha value is -3.07. The molecule has 0 aliphatic carbocycles. The van der Waals surface area contributed by atoms with E-state index in [4.69, 9.17) is 4.52 Å². The Balaban J connectivity index is 1.62. The van der Waals surface area contributed by atoms with Crippen molar-refractivity contribution in [2.45, 2.75) is 26.3 Å². The largest absolute Gasteiger partial charge is 0.339 e. The van der Waals surface area contributed by atoms with Crippen LogP contribution in [-0.2, 0) is 0 Å². The number of benzene rings is 1. The Morgan fingerprint density at radius 2 is 2.26 bits per heavy atom. The van der Waals surface area contributed by atoms with Crippen LogP contribution < -0.4 is 5.32 Å². The second kappa shape index (κ2) is 6.92. The van der Waals surface area contributed by atoms with Crippen LogP contribution in [-0.4, -0.2) is 25.4 Å². The summed E-state index contributed by atoms with van der Waals surface area (Å²) in [5, 5.41) is 8.42. The topological polar surface area (TPSA) is 85.3 Å². The molecule has 1 amide bonds. The molecule has 0 saturated heterocycles. The molecule has 0 fully saturated rings. The Morgan fingerprint density at radius 1 is 1.41 bits per heavy atom. The first-order valence-electron chi connectivity index (χ1n) is 8.38. The summed E-state index contributed by atoms with van der Waals surface area (Å²) in [4.78, 5) is 22.1. The van der Waals surface area contributed by atoms with E-state index in [2.05, 4.69) is 20.4 Å². The van der Waals surface area contributed by atoms with E-state index in [0.717, 1.165) is 0 Å². The first kappa shape index (κ1) is 17.3. The molecule has 0 radical (unpaired) electrons. The van der Waals surface area contributed by atoms with Crippen LogP contribution in [0.15, 0.2) is 40.4 Å². The minimum Gasteiger partial charge on any atom is -0.339 e. The number of rotatable bonds is 5. The van der Waals surface area contributed by atoms with Crippen molar-refractivity contribution >= 4 is 22.2 Å². The summed E-state index contributed by atoms with van der Waals surface area (Å²) in [5.74, 6) is 0.292. The Morgan fingerprint density at radius 3 is 2.96 bits per heavy atom. The number of aryl methyl sites for hydroxylation is 1. The summed E-state index contributed by atoms with van der Waals surface area (Å²) in [6, 6.07) is 5.83. The molecule has 0 aliphatic heterocycles. The number of hydrogen-bond donors (Lipinski definition) is 1. The normalized spacial score (nSPS) is 12.4. The van der Waals surface area contributed by atoms with Gasteiger partial charge in [0.1, 0.15) is 17.6 Å². The van der Waals surface area contributed by atoms with Crippen molar-refractivity contribution in [1.82, 2.24) is 24.8 Å². The van der Waals surface area contributed by atoms with Gasteiger partial charge in [-0.2, -0.15) is 4.98 Å². The third-order valence-corrected chi connectivity index (χ3v) is 4.96. The molecule has 9 heteroatoms. The highest BCUT2D eigenvalue weighted by atomic mass is 32.1. The lowest BCUT2D eigenvalue weighted by molar-refractivity contribution is 0.0921. The standard InChI is InChI=1S/C18H16FN5O2S/c1-3-13(17-20-10(2)23-26-17)21-16(25)15-9-27-18-22-14(8-24(15)18)11-5-4-6-12(19)7-11/h4-9,13H,3H2,1-2H3,(H,21,25)/t13-/m1/s1. The predicted octanol–water partition coefficient (Wildman–Crippen LogP) is 3.77. The maximum Gasteiger partial charge on any atom is 0.269 e. The number of imidazole rings is 1. The number of nitrogens with one attached hydrogen (secondary N) is 1. The number of nitrogens with zero attached hydrogens (tertiary/aromatic N) is 4. The van der Waals surface area contributed by atoms with E-state index in [9.17, 15) is 9.18 Å². The zero-order valence-electron chi connectivity index (χ0n) is 14.6. The number of thiazole rings is 1. The third-order valence-electron chi connectivity index (χ3n) is 4.12. The molecule has 4 aromatic rings. The summed E-state index contributed by atoms with van der Waals surface area (Å²) in [5.41, 5.74) is 1.71. The zero-order chi connectivity index (χ0) is 19.0. The second-order valence-corrected chi connectivity index (χ2v) is 6.86. The number of amides is 1. The maximum absolute atomic E-state index is 13.5. The van der Waals surface area contributed by atoms with Gasteiger partial charge >= 0.3 is 0 Å². The molecule has 1 atom stereocenters. The summed E-state index contributed by atoms with van der Waals surface area (Å²) in [7, 11) is 0. The van der Waals surface area contributed by atoms with E-state index in [1.54, 1.807) is 35.0 Å². The summed E-state index contributed by atoms with van der Waals surface area (Å²) in [6.07, 6.45) is 2.34. The van der Waals surface area contributed by atoms with E-state index in [0.29, 0.717) is 40.0 Å². The predicted molar refractivity (Wildman–Crippen MR) is 98.0 cm³/mol. The number of carbonyl (C=O) groups is 1. The zero-order valence-corrected chi connectivity index (χ0v) is 15.5. The molecular weight excluding hydrogens is 369 g/mol. The summed E-state index contributed by atoms with van der Waals surface area (Å²) in [6.45, 7) is 3.65. The minimum atomic E-state index is -0.375. The summed E-state index contributed by atoms with van der Waals surface area (Å²) < 4.78 is 20.3. The number of halogens is 1. The van der Waals surface area contributed by atoms with Crippen LogP contribution >= 0.6 is 11.3 Å². The van der Waals surface area contributed by atoms with Crippen molar-refractivity contribution in [2.75, 3.05) is 0 Å². The first-order valence-corrected chi connectivity index (χ1v) is 9.26. The SMILES string of the molecule is CC[C@@H](NC(=O)c1csc2nc(-c3cccc(F)c3)cn12)c1nc(C)no1. The lowest BCUT2D eigenvalue weighted by atomic mass is 10.2. The van der Waals surface area contributed by atoms with Gasteiger partial charge in [-0.05, 0) is 25.5 Å². The average molecular weight is 385 g/mol. The van der Waals surface area contributed by atoms with Gasteiger partial charge in [-0.3, -0.25) is 9.20 Å². The summed E-state index contributed by atoms with van der Waals surface area (Å²) >= 11 is 1.34. The second-order valence-electron chi connectivity index (χ2n) is 6.02. The minimum absolute atomic E-state index is 0.271. The lowest BCUT2D eigenvalue weighted by Gasteiger charge is -2.12. The van der Waals surface area contributed by atoms with Crippen LogP contribution in [0.5, 0.6) is 0 Å². The van der Waals surface area contributed by atoms with E-state index in [-0.39, 0.29) is 17.8 Å². The molecule has 0 bridgehead atoms. The van der Waals surface area contributed by atoms with E-state index in [1.165, 1.54) is 23.5 Å². The van der Waals surface area contributed by atoms with Crippen LogP contribution in [0.1, 0.15) is 41.6 Å². The maximum atomic E-state index is 13.5. The number of fused-ring (bicyclic) bond motifs is 1. The molecule has 0 spiro atoms. The van der Waals surface area contributed by atoms with Gasteiger partial charge < -0.3 is 9.84 Å². The molecule has 0 unspecified atom stereocenters.